The maximum absolute atomic E-state index is 6.05. The van der Waals surface area contributed by atoms with Crippen LogP contribution in [0.4, 0.5) is 5.95 Å². The van der Waals surface area contributed by atoms with Crippen molar-refractivity contribution < 1.29 is 4.74 Å². The monoisotopic (exact) mass is 311 g/mol. The van der Waals surface area contributed by atoms with Crippen molar-refractivity contribution in [3.05, 3.63) is 22.7 Å². The number of fused-ring (bicyclic) bond motifs is 1. The predicted molar refractivity (Wildman–Crippen MR) is 77.6 cm³/mol. The molecule has 0 radical (unpaired) electrons. The molecule has 4 nitrogen and oxygen atoms in total. The Labute approximate surface area is 115 Å². The van der Waals surface area contributed by atoms with E-state index in [9.17, 15) is 0 Å². The van der Waals surface area contributed by atoms with E-state index in [1.54, 1.807) is 7.11 Å². The normalized spacial score (nSPS) is 13.4. The Balaban J connectivity index is 2.60. The number of benzene rings is 1. The van der Waals surface area contributed by atoms with Crippen LogP contribution in [0.15, 0.2) is 22.7 Å². The molecule has 0 amide bonds. The highest BCUT2D eigenvalue weighted by atomic mass is 79.9. The molecule has 1 aromatic heterocycles. The van der Waals surface area contributed by atoms with Gasteiger partial charge in [0.05, 0.1) is 23.7 Å². The van der Waals surface area contributed by atoms with Crippen LogP contribution in [0.3, 0.4) is 0 Å². The van der Waals surface area contributed by atoms with Gasteiger partial charge in [0, 0.05) is 11.6 Å². The van der Waals surface area contributed by atoms with Crippen molar-refractivity contribution in [1.29, 1.82) is 0 Å². The van der Waals surface area contributed by atoms with Gasteiger partial charge in [-0.2, -0.15) is 0 Å². The molecule has 0 aliphatic heterocycles. The molecule has 1 unspecified atom stereocenters. The Hall–Kier alpha value is -1.07. The molecule has 1 atom stereocenters. The van der Waals surface area contributed by atoms with Gasteiger partial charge in [0.15, 0.2) is 0 Å². The van der Waals surface area contributed by atoms with Gasteiger partial charge in [-0.1, -0.05) is 29.8 Å². The van der Waals surface area contributed by atoms with Gasteiger partial charge in [0.1, 0.15) is 0 Å². The van der Waals surface area contributed by atoms with Crippen molar-refractivity contribution >= 4 is 32.9 Å². The summed E-state index contributed by atoms with van der Waals surface area (Å²) in [5, 5.41) is 0. The van der Waals surface area contributed by atoms with Crippen LogP contribution in [0.25, 0.3) is 11.0 Å². The molecule has 2 aromatic rings. The molecule has 0 fully saturated rings. The van der Waals surface area contributed by atoms with E-state index in [1.165, 1.54) is 0 Å². The lowest BCUT2D eigenvalue weighted by atomic mass is 10.0. The number of hydrogen-bond acceptors (Lipinski definition) is 3. The zero-order valence-corrected chi connectivity index (χ0v) is 12.4. The second-order valence-corrected chi connectivity index (χ2v) is 5.66. The second-order valence-electron chi connectivity index (χ2n) is 4.74. The van der Waals surface area contributed by atoms with Crippen molar-refractivity contribution in [2.75, 3.05) is 19.5 Å². The molecule has 0 saturated carbocycles. The first-order valence-electron chi connectivity index (χ1n) is 5.96. The molecule has 98 valence electrons. The average Bonchev–Trinajstić information content (AvgIpc) is 2.61. The molecule has 2 rings (SSSR count). The number of nitrogens with zero attached hydrogens (tertiary/aromatic N) is 2. The smallest absolute Gasteiger partial charge is 0.201 e. The van der Waals surface area contributed by atoms with Gasteiger partial charge in [-0.15, -0.1) is 0 Å². The second kappa shape index (κ2) is 5.28. The van der Waals surface area contributed by atoms with Crippen molar-refractivity contribution in [3.63, 3.8) is 0 Å². The topological polar surface area (TPSA) is 53.1 Å². The highest BCUT2D eigenvalue weighted by molar-refractivity contribution is 9.10. The zero-order valence-electron chi connectivity index (χ0n) is 10.9. The van der Waals surface area contributed by atoms with Gasteiger partial charge in [0.25, 0.3) is 0 Å². The molecule has 0 aliphatic rings. The van der Waals surface area contributed by atoms with Crippen LogP contribution < -0.4 is 5.73 Å². The first-order valence-corrected chi connectivity index (χ1v) is 6.75. The molecule has 0 bridgehead atoms. The van der Waals surface area contributed by atoms with Gasteiger partial charge in [-0.05, 0) is 24.1 Å². The SMILES string of the molecule is COCC(C(C)C)n1c(N)nc2ccc(Br)cc21. The number of nitrogen functional groups attached to an aromatic ring is 1. The summed E-state index contributed by atoms with van der Waals surface area (Å²) in [5.74, 6) is 0.961. The third kappa shape index (κ3) is 2.37. The van der Waals surface area contributed by atoms with Gasteiger partial charge in [0.2, 0.25) is 5.95 Å². The van der Waals surface area contributed by atoms with Crippen LogP contribution in [0.5, 0.6) is 0 Å². The number of imidazole rings is 1. The van der Waals surface area contributed by atoms with E-state index in [0.717, 1.165) is 15.5 Å². The summed E-state index contributed by atoms with van der Waals surface area (Å²) in [6.45, 7) is 4.94. The number of anilines is 1. The van der Waals surface area contributed by atoms with E-state index in [1.807, 2.05) is 18.2 Å². The summed E-state index contributed by atoms with van der Waals surface area (Å²) in [7, 11) is 1.71. The van der Waals surface area contributed by atoms with Crippen molar-refractivity contribution in [2.24, 2.45) is 5.92 Å². The lowest BCUT2D eigenvalue weighted by Gasteiger charge is -2.23. The van der Waals surface area contributed by atoms with E-state index < -0.39 is 0 Å². The van der Waals surface area contributed by atoms with Gasteiger partial charge in [-0.3, -0.25) is 0 Å². The van der Waals surface area contributed by atoms with E-state index in [0.29, 0.717) is 18.5 Å². The maximum atomic E-state index is 6.05. The van der Waals surface area contributed by atoms with Crippen LogP contribution in [0, 0.1) is 5.92 Å². The fraction of sp³-hybridized carbons (Fsp3) is 0.462. The number of aromatic nitrogens is 2. The first-order chi connectivity index (χ1) is 8.54. The molecule has 2 N–H and O–H groups in total. The fourth-order valence-corrected chi connectivity index (χ4v) is 2.52. The van der Waals surface area contributed by atoms with E-state index >= 15 is 0 Å². The molecule has 0 spiro atoms. The summed E-state index contributed by atoms with van der Waals surface area (Å²) in [5.41, 5.74) is 8.01. The highest BCUT2D eigenvalue weighted by Crippen LogP contribution is 2.29. The quantitative estimate of drug-likeness (QED) is 0.943. The summed E-state index contributed by atoms with van der Waals surface area (Å²) in [4.78, 5) is 4.40. The largest absolute Gasteiger partial charge is 0.383 e. The third-order valence-corrected chi connectivity index (χ3v) is 3.61. The van der Waals surface area contributed by atoms with Gasteiger partial charge >= 0.3 is 0 Å². The third-order valence-electron chi connectivity index (χ3n) is 3.12. The minimum atomic E-state index is 0.189. The molecule has 0 saturated heterocycles. The summed E-state index contributed by atoms with van der Waals surface area (Å²) >= 11 is 3.49. The number of rotatable bonds is 4. The lowest BCUT2D eigenvalue weighted by molar-refractivity contribution is 0.136. The molecule has 0 aliphatic carbocycles. The Morgan fingerprint density at radius 1 is 1.44 bits per heavy atom. The summed E-state index contributed by atoms with van der Waals surface area (Å²) in [6, 6.07) is 6.18. The summed E-state index contributed by atoms with van der Waals surface area (Å²) in [6.07, 6.45) is 0. The van der Waals surface area contributed by atoms with E-state index in [2.05, 4.69) is 39.3 Å². The Morgan fingerprint density at radius 3 is 2.78 bits per heavy atom. The fourth-order valence-electron chi connectivity index (χ4n) is 2.17. The zero-order chi connectivity index (χ0) is 13.3. The van der Waals surface area contributed by atoms with Crippen molar-refractivity contribution in [3.8, 4) is 0 Å². The standard InChI is InChI=1S/C13H18BrN3O/c1-8(2)12(7-18-3)17-11-6-9(14)4-5-10(11)16-13(17)15/h4-6,8,12H,7H2,1-3H3,(H2,15,16). The molecular weight excluding hydrogens is 294 g/mol. The molecule has 1 heterocycles. The molecular formula is C13H18BrN3O. The average molecular weight is 312 g/mol. The molecule has 5 heteroatoms. The molecule has 1 aromatic carbocycles. The Bertz CT molecular complexity index is 550. The number of ether oxygens (including phenoxy) is 1. The van der Waals surface area contributed by atoms with Crippen LogP contribution in [0.1, 0.15) is 19.9 Å². The number of halogens is 1. The van der Waals surface area contributed by atoms with Crippen LogP contribution >= 0.6 is 15.9 Å². The van der Waals surface area contributed by atoms with E-state index in [4.69, 9.17) is 10.5 Å². The lowest BCUT2D eigenvalue weighted by Crippen LogP contribution is -2.21. The van der Waals surface area contributed by atoms with Gasteiger partial charge in [-0.25, -0.2) is 4.98 Å². The van der Waals surface area contributed by atoms with E-state index in [-0.39, 0.29) is 6.04 Å². The number of methoxy groups -OCH3 is 1. The van der Waals surface area contributed by atoms with Crippen molar-refractivity contribution in [2.45, 2.75) is 19.9 Å². The van der Waals surface area contributed by atoms with Crippen molar-refractivity contribution in [1.82, 2.24) is 9.55 Å². The van der Waals surface area contributed by atoms with Crippen LogP contribution in [-0.2, 0) is 4.74 Å². The highest BCUT2D eigenvalue weighted by Gasteiger charge is 2.20. The maximum Gasteiger partial charge on any atom is 0.201 e. The minimum Gasteiger partial charge on any atom is -0.383 e. The van der Waals surface area contributed by atoms with Gasteiger partial charge < -0.3 is 15.0 Å². The molecule has 18 heavy (non-hydrogen) atoms. The first kappa shape index (κ1) is 13.4. The van der Waals surface area contributed by atoms with Crippen LogP contribution in [0.2, 0.25) is 0 Å². The van der Waals surface area contributed by atoms with Crippen LogP contribution in [-0.4, -0.2) is 23.3 Å². The number of nitrogens with two attached hydrogens (primary N) is 1. The predicted octanol–water partition coefficient (Wildman–Crippen LogP) is 3.22. The number of hydrogen-bond donors (Lipinski definition) is 1. The Kier molecular flexibility index (Phi) is 3.92. The summed E-state index contributed by atoms with van der Waals surface area (Å²) < 4.78 is 8.40. The minimum absolute atomic E-state index is 0.189. The Morgan fingerprint density at radius 2 is 2.17 bits per heavy atom.